The van der Waals surface area contributed by atoms with E-state index in [4.69, 9.17) is 10.5 Å². The van der Waals surface area contributed by atoms with Gasteiger partial charge in [0.1, 0.15) is 5.75 Å². The predicted molar refractivity (Wildman–Crippen MR) is 109 cm³/mol. The number of piperidine rings is 1. The molecule has 2 heterocycles. The molecular weight excluding hydrogens is 354 g/mol. The van der Waals surface area contributed by atoms with Crippen LogP contribution in [0.3, 0.4) is 0 Å². The van der Waals surface area contributed by atoms with Gasteiger partial charge in [-0.25, -0.2) is 4.68 Å². The maximum Gasteiger partial charge on any atom is 0.276 e. The molecule has 1 aliphatic rings. The lowest BCUT2D eigenvalue weighted by atomic mass is 9.91. The summed E-state index contributed by atoms with van der Waals surface area (Å²) in [5.41, 5.74) is 8.16. The highest BCUT2D eigenvalue weighted by molar-refractivity contribution is 5.93. The molecule has 2 aromatic rings. The van der Waals surface area contributed by atoms with Gasteiger partial charge in [-0.05, 0) is 70.2 Å². The molecule has 3 rings (SSSR count). The number of nitrogens with zero attached hydrogens (tertiary/aromatic N) is 4. The molecule has 0 aliphatic carbocycles. The largest absolute Gasteiger partial charge is 0.491 e. The maximum absolute atomic E-state index is 13.0. The quantitative estimate of drug-likeness (QED) is 0.826. The Labute approximate surface area is 166 Å². The molecule has 0 bridgehead atoms. The van der Waals surface area contributed by atoms with Gasteiger partial charge >= 0.3 is 0 Å². The van der Waals surface area contributed by atoms with Crippen LogP contribution >= 0.6 is 0 Å². The fourth-order valence-electron chi connectivity index (χ4n) is 3.71. The summed E-state index contributed by atoms with van der Waals surface area (Å²) in [7, 11) is 0. The van der Waals surface area contributed by atoms with Crippen molar-refractivity contribution in [2.75, 3.05) is 13.1 Å². The summed E-state index contributed by atoms with van der Waals surface area (Å²) in [5, 5.41) is 8.49. The number of rotatable bonds is 6. The van der Waals surface area contributed by atoms with E-state index in [0.717, 1.165) is 43.1 Å². The minimum absolute atomic E-state index is 0.0361. The molecule has 1 aliphatic heterocycles. The van der Waals surface area contributed by atoms with Crippen molar-refractivity contribution in [3.63, 3.8) is 0 Å². The first-order valence-corrected chi connectivity index (χ1v) is 10.2. The monoisotopic (exact) mass is 385 g/mol. The van der Waals surface area contributed by atoms with Gasteiger partial charge in [0.15, 0.2) is 5.69 Å². The fourth-order valence-corrected chi connectivity index (χ4v) is 3.71. The number of carbonyl (C=O) groups is 1. The highest BCUT2D eigenvalue weighted by atomic mass is 16.5. The van der Waals surface area contributed by atoms with Gasteiger partial charge in [0.2, 0.25) is 0 Å². The van der Waals surface area contributed by atoms with Crippen molar-refractivity contribution in [2.45, 2.75) is 59.1 Å². The molecule has 1 amide bonds. The van der Waals surface area contributed by atoms with Crippen LogP contribution in [-0.4, -0.2) is 51.0 Å². The van der Waals surface area contributed by atoms with Gasteiger partial charge in [0, 0.05) is 19.1 Å². The molecule has 1 saturated heterocycles. The Balaban J connectivity index is 1.77. The van der Waals surface area contributed by atoms with Crippen molar-refractivity contribution >= 4 is 5.91 Å². The molecule has 7 nitrogen and oxygen atoms in total. The highest BCUT2D eigenvalue weighted by Crippen LogP contribution is 2.23. The van der Waals surface area contributed by atoms with Crippen molar-refractivity contribution in [3.8, 4) is 11.4 Å². The fraction of sp³-hybridized carbons (Fsp3) is 0.571. The number of nitrogens with two attached hydrogens (primary N) is 1. The number of hydrogen-bond acceptors (Lipinski definition) is 5. The lowest BCUT2D eigenvalue weighted by molar-refractivity contribution is 0.0674. The van der Waals surface area contributed by atoms with Gasteiger partial charge in [0.05, 0.1) is 17.5 Å². The Morgan fingerprint density at radius 3 is 2.39 bits per heavy atom. The van der Waals surface area contributed by atoms with Crippen LogP contribution in [0.5, 0.6) is 5.75 Å². The van der Waals surface area contributed by atoms with Crippen LogP contribution < -0.4 is 10.5 Å². The summed E-state index contributed by atoms with van der Waals surface area (Å²) >= 11 is 0. The standard InChI is InChI=1S/C21H31N5O2/c1-5-19-20(21(27)25-12-10-16(11-13-25)15(4)22)23-24-26(19)17-6-8-18(9-7-17)28-14(2)3/h6-9,14-16H,5,10-13,22H2,1-4H3. The SMILES string of the molecule is CCc1c(C(=O)N2CCC(C(C)N)CC2)nnn1-c1ccc(OC(C)C)cc1. The number of carbonyl (C=O) groups excluding carboxylic acids is 1. The molecule has 2 N–H and O–H groups in total. The summed E-state index contributed by atoms with van der Waals surface area (Å²) in [5.74, 6) is 1.26. The van der Waals surface area contributed by atoms with Gasteiger partial charge in [-0.1, -0.05) is 12.1 Å². The second-order valence-corrected chi connectivity index (χ2v) is 7.80. The zero-order valence-electron chi connectivity index (χ0n) is 17.3. The maximum atomic E-state index is 13.0. The molecule has 1 aromatic heterocycles. The minimum atomic E-state index is -0.0361. The van der Waals surface area contributed by atoms with E-state index < -0.39 is 0 Å². The Morgan fingerprint density at radius 2 is 1.86 bits per heavy atom. The number of ether oxygens (including phenoxy) is 1. The van der Waals surface area contributed by atoms with E-state index in [1.165, 1.54) is 0 Å². The molecule has 0 saturated carbocycles. The third-order valence-electron chi connectivity index (χ3n) is 5.32. The molecule has 7 heteroatoms. The first-order valence-electron chi connectivity index (χ1n) is 10.2. The van der Waals surface area contributed by atoms with E-state index in [-0.39, 0.29) is 18.1 Å². The van der Waals surface area contributed by atoms with Crippen molar-refractivity contribution in [1.29, 1.82) is 0 Å². The van der Waals surface area contributed by atoms with E-state index in [1.54, 1.807) is 4.68 Å². The molecule has 1 atom stereocenters. The van der Waals surface area contributed by atoms with Crippen molar-refractivity contribution in [2.24, 2.45) is 11.7 Å². The predicted octanol–water partition coefficient (Wildman–Crippen LogP) is 2.82. The van der Waals surface area contributed by atoms with Gasteiger partial charge in [-0.15, -0.1) is 5.10 Å². The molecule has 1 fully saturated rings. The van der Waals surface area contributed by atoms with Crippen molar-refractivity contribution < 1.29 is 9.53 Å². The van der Waals surface area contributed by atoms with Crippen LogP contribution in [0.25, 0.3) is 5.69 Å². The molecular formula is C21H31N5O2. The van der Waals surface area contributed by atoms with E-state index >= 15 is 0 Å². The first kappa shape index (κ1) is 20.3. The second-order valence-electron chi connectivity index (χ2n) is 7.80. The average molecular weight is 386 g/mol. The number of hydrogen-bond donors (Lipinski definition) is 1. The lowest BCUT2D eigenvalue weighted by Crippen LogP contribution is -2.42. The highest BCUT2D eigenvalue weighted by Gasteiger charge is 2.29. The van der Waals surface area contributed by atoms with E-state index in [0.29, 0.717) is 18.0 Å². The van der Waals surface area contributed by atoms with Gasteiger partial charge in [-0.2, -0.15) is 0 Å². The molecule has 1 unspecified atom stereocenters. The molecule has 0 radical (unpaired) electrons. The van der Waals surface area contributed by atoms with Crippen LogP contribution in [0.15, 0.2) is 24.3 Å². The normalized spacial score (nSPS) is 16.4. The third-order valence-corrected chi connectivity index (χ3v) is 5.32. The molecule has 28 heavy (non-hydrogen) atoms. The molecule has 1 aromatic carbocycles. The summed E-state index contributed by atoms with van der Waals surface area (Å²) in [6.45, 7) is 9.50. The lowest BCUT2D eigenvalue weighted by Gasteiger charge is -2.33. The Hall–Kier alpha value is -2.41. The third kappa shape index (κ3) is 4.35. The van der Waals surface area contributed by atoms with Gasteiger partial charge < -0.3 is 15.4 Å². The Bertz CT molecular complexity index is 790. The van der Waals surface area contributed by atoms with Crippen molar-refractivity contribution in [3.05, 3.63) is 35.7 Å². The van der Waals surface area contributed by atoms with E-state index in [1.807, 2.05) is 56.9 Å². The number of amides is 1. The molecule has 0 spiro atoms. The van der Waals surface area contributed by atoms with Crippen LogP contribution in [0.4, 0.5) is 0 Å². The summed E-state index contributed by atoms with van der Waals surface area (Å²) in [6, 6.07) is 7.88. The second kappa shape index (κ2) is 8.73. The van der Waals surface area contributed by atoms with Crippen LogP contribution in [0.2, 0.25) is 0 Å². The van der Waals surface area contributed by atoms with Gasteiger partial charge in [-0.3, -0.25) is 4.79 Å². The van der Waals surface area contributed by atoms with Crippen LogP contribution in [0, 0.1) is 5.92 Å². The van der Waals surface area contributed by atoms with E-state index in [9.17, 15) is 4.79 Å². The summed E-state index contributed by atoms with van der Waals surface area (Å²) in [6.07, 6.45) is 2.68. The number of aromatic nitrogens is 3. The molecule has 152 valence electrons. The van der Waals surface area contributed by atoms with E-state index in [2.05, 4.69) is 10.3 Å². The Kier molecular flexibility index (Phi) is 6.34. The summed E-state index contributed by atoms with van der Waals surface area (Å²) < 4.78 is 7.45. The van der Waals surface area contributed by atoms with Crippen molar-refractivity contribution in [1.82, 2.24) is 19.9 Å². The Morgan fingerprint density at radius 1 is 1.21 bits per heavy atom. The first-order chi connectivity index (χ1) is 13.4. The zero-order valence-corrected chi connectivity index (χ0v) is 17.3. The topological polar surface area (TPSA) is 86.3 Å². The minimum Gasteiger partial charge on any atom is -0.491 e. The smallest absolute Gasteiger partial charge is 0.276 e. The number of likely N-dealkylation sites (tertiary alicyclic amines) is 1. The zero-order chi connectivity index (χ0) is 20.3. The number of benzene rings is 1. The van der Waals surface area contributed by atoms with Crippen LogP contribution in [0.1, 0.15) is 56.7 Å². The summed E-state index contributed by atoms with van der Waals surface area (Å²) in [4.78, 5) is 14.9. The van der Waals surface area contributed by atoms with Gasteiger partial charge in [0.25, 0.3) is 5.91 Å². The van der Waals surface area contributed by atoms with Crippen LogP contribution in [-0.2, 0) is 6.42 Å². The average Bonchev–Trinajstić information content (AvgIpc) is 3.11.